The molecule has 98 valence electrons. The van der Waals surface area contributed by atoms with Crippen LogP contribution in [0.25, 0.3) is 0 Å². The Hall–Kier alpha value is -2.01. The molecule has 1 aliphatic carbocycles. The van der Waals surface area contributed by atoms with Gasteiger partial charge in [-0.3, -0.25) is 0 Å². The summed E-state index contributed by atoms with van der Waals surface area (Å²) in [6.45, 7) is 0.306. The van der Waals surface area contributed by atoms with Gasteiger partial charge in [0.15, 0.2) is 11.6 Å². The lowest BCUT2D eigenvalue weighted by Gasteiger charge is -2.09. The van der Waals surface area contributed by atoms with Crippen LogP contribution in [0.5, 0.6) is 11.6 Å². The Morgan fingerprint density at radius 2 is 2.16 bits per heavy atom. The highest BCUT2D eigenvalue weighted by Crippen LogP contribution is 2.31. The molecule has 0 amide bonds. The van der Waals surface area contributed by atoms with E-state index in [0.717, 1.165) is 36.1 Å². The van der Waals surface area contributed by atoms with E-state index in [1.807, 2.05) is 0 Å². The molecule has 0 saturated carbocycles. The Balaban J connectivity index is 1.92. The minimum Gasteiger partial charge on any atom is -0.436 e. The molecule has 1 heterocycles. The van der Waals surface area contributed by atoms with Crippen LogP contribution in [0.4, 0.5) is 4.39 Å². The Morgan fingerprint density at radius 1 is 1.26 bits per heavy atom. The Morgan fingerprint density at radius 3 is 2.95 bits per heavy atom. The molecule has 3 rings (SSSR count). The van der Waals surface area contributed by atoms with Crippen molar-refractivity contribution >= 4 is 0 Å². The van der Waals surface area contributed by atoms with E-state index in [4.69, 9.17) is 10.5 Å². The summed E-state index contributed by atoms with van der Waals surface area (Å²) in [7, 11) is 0. The monoisotopic (exact) mass is 259 g/mol. The zero-order valence-corrected chi connectivity index (χ0v) is 10.4. The Kier molecular flexibility index (Phi) is 3.13. The first-order chi connectivity index (χ1) is 9.28. The van der Waals surface area contributed by atoms with Gasteiger partial charge < -0.3 is 10.5 Å². The number of benzene rings is 1. The van der Waals surface area contributed by atoms with E-state index in [-0.39, 0.29) is 5.75 Å². The molecule has 0 bridgehead atoms. The molecular formula is C14H14FN3O. The van der Waals surface area contributed by atoms with Crippen LogP contribution >= 0.6 is 0 Å². The maximum atomic E-state index is 13.9. The van der Waals surface area contributed by atoms with Crippen molar-refractivity contribution in [1.29, 1.82) is 0 Å². The summed E-state index contributed by atoms with van der Waals surface area (Å²) in [6.07, 6.45) is 4.32. The standard InChI is InChI=1S/C14H14FN3O/c15-11-6-9(7-16)4-5-13(11)19-14-10-2-1-3-12(10)17-8-18-14/h4-6,8H,1-3,7,16H2. The van der Waals surface area contributed by atoms with Crippen LogP contribution in [0, 0.1) is 5.82 Å². The second-order valence-corrected chi connectivity index (χ2v) is 4.53. The first-order valence-electron chi connectivity index (χ1n) is 6.27. The fraction of sp³-hybridized carbons (Fsp3) is 0.286. The van der Waals surface area contributed by atoms with Gasteiger partial charge in [-0.15, -0.1) is 0 Å². The molecule has 5 heteroatoms. The van der Waals surface area contributed by atoms with Crippen LogP contribution in [0.2, 0.25) is 0 Å². The van der Waals surface area contributed by atoms with Crippen molar-refractivity contribution in [2.24, 2.45) is 5.73 Å². The first-order valence-corrected chi connectivity index (χ1v) is 6.27. The number of fused-ring (bicyclic) bond motifs is 1. The van der Waals surface area contributed by atoms with E-state index in [2.05, 4.69) is 9.97 Å². The second kappa shape index (κ2) is 4.93. The summed E-state index contributed by atoms with van der Waals surface area (Å²) in [5, 5.41) is 0. The van der Waals surface area contributed by atoms with E-state index in [0.29, 0.717) is 12.4 Å². The average molecular weight is 259 g/mol. The SMILES string of the molecule is NCc1ccc(Oc2ncnc3c2CCC3)c(F)c1. The van der Waals surface area contributed by atoms with Gasteiger partial charge in [0, 0.05) is 12.1 Å². The van der Waals surface area contributed by atoms with Gasteiger partial charge in [0.25, 0.3) is 0 Å². The van der Waals surface area contributed by atoms with Crippen LogP contribution in [0.3, 0.4) is 0 Å². The highest BCUT2D eigenvalue weighted by Gasteiger charge is 2.19. The molecule has 0 spiro atoms. The van der Waals surface area contributed by atoms with E-state index in [9.17, 15) is 4.39 Å². The number of hydrogen-bond donors (Lipinski definition) is 1. The van der Waals surface area contributed by atoms with E-state index >= 15 is 0 Å². The molecule has 0 unspecified atom stereocenters. The van der Waals surface area contributed by atoms with Crippen LogP contribution in [-0.4, -0.2) is 9.97 Å². The van der Waals surface area contributed by atoms with Gasteiger partial charge in [-0.2, -0.15) is 0 Å². The maximum absolute atomic E-state index is 13.9. The fourth-order valence-electron chi connectivity index (χ4n) is 2.28. The second-order valence-electron chi connectivity index (χ2n) is 4.53. The third-order valence-electron chi connectivity index (χ3n) is 3.27. The lowest BCUT2D eigenvalue weighted by atomic mass is 10.2. The minimum atomic E-state index is -0.423. The zero-order valence-electron chi connectivity index (χ0n) is 10.4. The van der Waals surface area contributed by atoms with Gasteiger partial charge in [-0.25, -0.2) is 14.4 Å². The largest absolute Gasteiger partial charge is 0.436 e. The van der Waals surface area contributed by atoms with Gasteiger partial charge in [0.2, 0.25) is 5.88 Å². The molecular weight excluding hydrogens is 245 g/mol. The van der Waals surface area contributed by atoms with Crippen LogP contribution in [0.1, 0.15) is 23.2 Å². The lowest BCUT2D eigenvalue weighted by Crippen LogP contribution is -2.00. The number of halogens is 1. The van der Waals surface area contributed by atoms with Crippen molar-refractivity contribution in [2.75, 3.05) is 0 Å². The smallest absolute Gasteiger partial charge is 0.225 e. The summed E-state index contributed by atoms with van der Waals surface area (Å²) in [5.74, 6) is 0.209. The van der Waals surface area contributed by atoms with Gasteiger partial charge in [0.1, 0.15) is 6.33 Å². The van der Waals surface area contributed by atoms with Gasteiger partial charge in [0.05, 0.1) is 5.69 Å². The number of nitrogens with two attached hydrogens (primary N) is 1. The number of aryl methyl sites for hydroxylation is 1. The third kappa shape index (κ3) is 2.29. The third-order valence-corrected chi connectivity index (χ3v) is 3.27. The molecule has 0 aliphatic heterocycles. The highest BCUT2D eigenvalue weighted by atomic mass is 19.1. The predicted molar refractivity (Wildman–Crippen MR) is 68.4 cm³/mol. The number of hydrogen-bond acceptors (Lipinski definition) is 4. The van der Waals surface area contributed by atoms with Crippen LogP contribution < -0.4 is 10.5 Å². The highest BCUT2D eigenvalue weighted by molar-refractivity contribution is 5.38. The van der Waals surface area contributed by atoms with Crippen molar-refractivity contribution in [2.45, 2.75) is 25.8 Å². The summed E-state index contributed by atoms with van der Waals surface area (Å²) in [5.41, 5.74) is 8.20. The maximum Gasteiger partial charge on any atom is 0.225 e. The van der Waals surface area contributed by atoms with E-state index in [1.165, 1.54) is 12.4 Å². The molecule has 0 fully saturated rings. The van der Waals surface area contributed by atoms with Gasteiger partial charge >= 0.3 is 0 Å². The van der Waals surface area contributed by atoms with Gasteiger partial charge in [-0.1, -0.05) is 6.07 Å². The number of nitrogens with zero attached hydrogens (tertiary/aromatic N) is 2. The fourth-order valence-corrected chi connectivity index (χ4v) is 2.28. The first kappa shape index (κ1) is 12.0. The van der Waals surface area contributed by atoms with E-state index in [1.54, 1.807) is 12.1 Å². The van der Waals surface area contributed by atoms with Crippen molar-refractivity contribution in [3.63, 3.8) is 0 Å². The molecule has 1 aromatic heterocycles. The number of aromatic nitrogens is 2. The quantitative estimate of drug-likeness (QED) is 0.919. The molecule has 4 nitrogen and oxygen atoms in total. The summed E-state index contributed by atoms with van der Waals surface area (Å²) < 4.78 is 19.4. The van der Waals surface area contributed by atoms with Crippen molar-refractivity contribution in [3.8, 4) is 11.6 Å². The Labute approximate surface area is 110 Å². The summed E-state index contributed by atoms with van der Waals surface area (Å²) in [6, 6.07) is 4.72. The lowest BCUT2D eigenvalue weighted by molar-refractivity contribution is 0.421. The van der Waals surface area contributed by atoms with Crippen molar-refractivity contribution < 1.29 is 9.13 Å². The number of ether oxygens (including phenoxy) is 1. The molecule has 19 heavy (non-hydrogen) atoms. The van der Waals surface area contributed by atoms with Gasteiger partial charge in [-0.05, 0) is 37.0 Å². The molecule has 0 radical (unpaired) electrons. The predicted octanol–water partition coefficient (Wildman–Crippen LogP) is 2.36. The summed E-state index contributed by atoms with van der Waals surface area (Å²) in [4.78, 5) is 8.31. The molecule has 1 aliphatic rings. The molecule has 0 saturated heterocycles. The summed E-state index contributed by atoms with van der Waals surface area (Å²) >= 11 is 0. The zero-order chi connectivity index (χ0) is 13.2. The number of rotatable bonds is 3. The van der Waals surface area contributed by atoms with E-state index < -0.39 is 5.82 Å². The molecule has 0 atom stereocenters. The molecule has 1 aromatic carbocycles. The van der Waals surface area contributed by atoms with Crippen molar-refractivity contribution in [3.05, 3.63) is 47.2 Å². The normalized spacial score (nSPS) is 13.4. The van der Waals surface area contributed by atoms with Crippen molar-refractivity contribution in [1.82, 2.24) is 9.97 Å². The van der Waals surface area contributed by atoms with Crippen LogP contribution in [0.15, 0.2) is 24.5 Å². The van der Waals surface area contributed by atoms with Crippen LogP contribution in [-0.2, 0) is 19.4 Å². The molecule has 2 aromatic rings. The Bertz CT molecular complexity index is 616. The average Bonchev–Trinajstić information content (AvgIpc) is 2.90. The minimum absolute atomic E-state index is 0.171. The topological polar surface area (TPSA) is 61.0 Å². The molecule has 2 N–H and O–H groups in total.